The number of nitrogens with one attached hydrogen (secondary N) is 2. The SMILES string of the molecule is CCCNC(=O)[C@H]1[C@@H]2SC3(CC2Br)C(C(=O)NCc2ccccc2)N([C@@H](CO)C(C)C)C(=O)[C@H]13. The zero-order chi connectivity index (χ0) is 24.6. The number of nitrogens with zero attached hydrogens (tertiary/aromatic N) is 1. The smallest absolute Gasteiger partial charge is 0.244 e. The minimum Gasteiger partial charge on any atom is -0.394 e. The summed E-state index contributed by atoms with van der Waals surface area (Å²) in [6, 6.07) is 8.43. The maximum Gasteiger partial charge on any atom is 0.244 e. The molecule has 186 valence electrons. The van der Waals surface area contributed by atoms with Crippen molar-refractivity contribution in [1.82, 2.24) is 15.5 Å². The van der Waals surface area contributed by atoms with Gasteiger partial charge in [-0.2, -0.15) is 0 Å². The van der Waals surface area contributed by atoms with Gasteiger partial charge in [-0.3, -0.25) is 14.4 Å². The molecule has 3 amide bonds. The van der Waals surface area contributed by atoms with Gasteiger partial charge in [-0.1, -0.05) is 67.0 Å². The third-order valence-corrected chi connectivity index (χ3v) is 10.7. The first-order valence-corrected chi connectivity index (χ1v) is 13.9. The molecule has 9 heteroatoms. The van der Waals surface area contributed by atoms with E-state index in [0.717, 1.165) is 12.0 Å². The van der Waals surface area contributed by atoms with Crippen LogP contribution in [-0.2, 0) is 20.9 Å². The molecular formula is C25H34BrN3O4S. The van der Waals surface area contributed by atoms with E-state index in [9.17, 15) is 19.5 Å². The highest BCUT2D eigenvalue weighted by molar-refractivity contribution is 9.09. The average Bonchev–Trinajstić information content (AvgIpc) is 3.41. The summed E-state index contributed by atoms with van der Waals surface area (Å²) >= 11 is 5.39. The van der Waals surface area contributed by atoms with Crippen LogP contribution in [0.15, 0.2) is 30.3 Å². The first-order chi connectivity index (χ1) is 16.3. The molecule has 4 rings (SSSR count). The highest BCUT2D eigenvalue weighted by Gasteiger charge is 2.76. The van der Waals surface area contributed by atoms with Crippen molar-refractivity contribution in [3.05, 3.63) is 35.9 Å². The number of alkyl halides is 1. The summed E-state index contributed by atoms with van der Waals surface area (Å²) in [5.41, 5.74) is 0.974. The van der Waals surface area contributed by atoms with Gasteiger partial charge < -0.3 is 20.6 Å². The fourth-order valence-corrected chi connectivity index (χ4v) is 9.49. The number of halogens is 1. The van der Waals surface area contributed by atoms with Crippen molar-refractivity contribution >= 4 is 45.4 Å². The third-order valence-electron chi connectivity index (χ3n) is 7.45. The lowest BCUT2D eigenvalue weighted by atomic mass is 9.70. The number of amides is 3. The Labute approximate surface area is 213 Å². The van der Waals surface area contributed by atoms with Crippen LogP contribution in [0.3, 0.4) is 0 Å². The molecule has 3 aliphatic rings. The van der Waals surface area contributed by atoms with Crippen LogP contribution in [0, 0.1) is 17.8 Å². The molecule has 1 aromatic rings. The van der Waals surface area contributed by atoms with Crippen LogP contribution in [0.2, 0.25) is 0 Å². The Hall–Kier alpha value is -1.58. The maximum atomic E-state index is 14.0. The van der Waals surface area contributed by atoms with Gasteiger partial charge in [-0.05, 0) is 24.3 Å². The molecule has 7 atom stereocenters. The predicted octanol–water partition coefficient (Wildman–Crippen LogP) is 2.31. The number of hydrogen-bond acceptors (Lipinski definition) is 5. The van der Waals surface area contributed by atoms with Crippen molar-refractivity contribution in [3.63, 3.8) is 0 Å². The summed E-state index contributed by atoms with van der Waals surface area (Å²) in [4.78, 5) is 42.6. The molecule has 1 spiro atoms. The quantitative estimate of drug-likeness (QED) is 0.409. The summed E-state index contributed by atoms with van der Waals surface area (Å²) in [6.45, 7) is 6.58. The standard InChI is InChI=1S/C25H34BrN3O4S/c1-4-10-27-22(31)18-19-24(33)29(17(13-30)14(2)3)21(25(19)11-16(26)20(18)34-25)23(32)28-12-15-8-6-5-7-9-15/h5-9,14,16-21,30H,4,10-13H2,1-3H3,(H,27,31)(H,28,32)/t16?,17-,18+,19-,20+,21?,25?/m0/s1. The monoisotopic (exact) mass is 551 g/mol. The van der Waals surface area contributed by atoms with E-state index in [4.69, 9.17) is 0 Å². The number of thioether (sulfide) groups is 1. The third kappa shape index (κ3) is 4.17. The van der Waals surface area contributed by atoms with Gasteiger partial charge in [0.1, 0.15) is 6.04 Å². The van der Waals surface area contributed by atoms with Crippen LogP contribution in [0.5, 0.6) is 0 Å². The number of benzene rings is 1. The van der Waals surface area contributed by atoms with E-state index in [0.29, 0.717) is 19.5 Å². The van der Waals surface area contributed by atoms with Crippen LogP contribution < -0.4 is 10.6 Å². The van der Waals surface area contributed by atoms with E-state index in [2.05, 4.69) is 26.6 Å². The number of aliphatic hydroxyl groups excluding tert-OH is 1. The van der Waals surface area contributed by atoms with E-state index in [-0.39, 0.29) is 40.3 Å². The Morgan fingerprint density at radius 2 is 1.94 bits per heavy atom. The van der Waals surface area contributed by atoms with Crippen molar-refractivity contribution < 1.29 is 19.5 Å². The lowest BCUT2D eigenvalue weighted by Gasteiger charge is -2.38. The van der Waals surface area contributed by atoms with E-state index >= 15 is 0 Å². The van der Waals surface area contributed by atoms with Crippen LogP contribution in [0.1, 0.15) is 39.2 Å². The van der Waals surface area contributed by atoms with Gasteiger partial charge in [-0.25, -0.2) is 0 Å². The second-order valence-electron chi connectivity index (χ2n) is 9.90. The van der Waals surface area contributed by atoms with Gasteiger partial charge in [-0.15, -0.1) is 11.8 Å². The van der Waals surface area contributed by atoms with E-state index in [1.165, 1.54) is 0 Å². The van der Waals surface area contributed by atoms with Crippen molar-refractivity contribution in [2.75, 3.05) is 13.2 Å². The maximum absolute atomic E-state index is 14.0. The number of aliphatic hydroxyl groups is 1. The number of likely N-dealkylation sites (tertiary alicyclic amines) is 1. The number of carbonyl (C=O) groups is 3. The fraction of sp³-hybridized carbons (Fsp3) is 0.640. The summed E-state index contributed by atoms with van der Waals surface area (Å²) in [7, 11) is 0. The molecule has 34 heavy (non-hydrogen) atoms. The van der Waals surface area contributed by atoms with E-state index in [1.54, 1.807) is 16.7 Å². The van der Waals surface area contributed by atoms with Crippen LogP contribution >= 0.6 is 27.7 Å². The van der Waals surface area contributed by atoms with Gasteiger partial charge in [0.25, 0.3) is 0 Å². The lowest BCUT2D eigenvalue weighted by Crippen LogP contribution is -2.57. The van der Waals surface area contributed by atoms with Gasteiger partial charge >= 0.3 is 0 Å². The highest BCUT2D eigenvalue weighted by atomic mass is 79.9. The molecule has 3 heterocycles. The summed E-state index contributed by atoms with van der Waals surface area (Å²) in [5.74, 6) is -1.63. The second-order valence-corrected chi connectivity index (χ2v) is 12.6. The Kier molecular flexibility index (Phi) is 7.64. The number of carbonyl (C=O) groups excluding carboxylic acids is 3. The predicted molar refractivity (Wildman–Crippen MR) is 136 cm³/mol. The summed E-state index contributed by atoms with van der Waals surface area (Å²) in [6.07, 6.45) is 1.45. The number of fused-ring (bicyclic) bond motifs is 1. The molecule has 1 aromatic carbocycles. The van der Waals surface area contributed by atoms with Crippen LogP contribution in [0.4, 0.5) is 0 Å². The fourth-order valence-electron chi connectivity index (χ4n) is 5.89. The molecule has 7 nitrogen and oxygen atoms in total. The van der Waals surface area contributed by atoms with Crippen LogP contribution in [0.25, 0.3) is 0 Å². The topological polar surface area (TPSA) is 98.7 Å². The van der Waals surface area contributed by atoms with Gasteiger partial charge in [0.15, 0.2) is 0 Å². The molecule has 0 aliphatic carbocycles. The zero-order valence-electron chi connectivity index (χ0n) is 19.9. The minimum absolute atomic E-state index is 0.0370. The molecule has 2 bridgehead atoms. The Balaban J connectivity index is 1.70. The largest absolute Gasteiger partial charge is 0.394 e. The van der Waals surface area contributed by atoms with E-state index in [1.807, 2.05) is 51.1 Å². The van der Waals surface area contributed by atoms with Crippen molar-refractivity contribution in [2.45, 2.75) is 67.1 Å². The number of hydrogen-bond donors (Lipinski definition) is 3. The lowest BCUT2D eigenvalue weighted by molar-refractivity contribution is -0.143. The van der Waals surface area contributed by atoms with Crippen LogP contribution in [-0.4, -0.2) is 67.8 Å². The van der Waals surface area contributed by atoms with E-state index < -0.39 is 28.7 Å². The molecule has 3 unspecified atom stereocenters. The first-order valence-electron chi connectivity index (χ1n) is 12.1. The van der Waals surface area contributed by atoms with Crippen molar-refractivity contribution in [1.29, 1.82) is 0 Å². The molecule has 3 N–H and O–H groups in total. The summed E-state index contributed by atoms with van der Waals surface area (Å²) in [5, 5.41) is 16.2. The molecule has 3 saturated heterocycles. The highest BCUT2D eigenvalue weighted by Crippen LogP contribution is 2.68. The van der Waals surface area contributed by atoms with Gasteiger partial charge in [0.05, 0.1) is 29.2 Å². The number of rotatable bonds is 9. The molecule has 0 radical (unpaired) electrons. The Morgan fingerprint density at radius 1 is 1.24 bits per heavy atom. The Morgan fingerprint density at radius 3 is 2.56 bits per heavy atom. The Bertz CT molecular complexity index is 932. The van der Waals surface area contributed by atoms with Gasteiger partial charge in [0.2, 0.25) is 17.7 Å². The van der Waals surface area contributed by atoms with Gasteiger partial charge in [0, 0.05) is 23.2 Å². The molecule has 0 saturated carbocycles. The molecule has 3 aliphatic heterocycles. The molecule has 0 aromatic heterocycles. The first kappa shape index (κ1) is 25.5. The second kappa shape index (κ2) is 10.2. The van der Waals surface area contributed by atoms with Crippen molar-refractivity contribution in [3.8, 4) is 0 Å². The molecule has 3 fully saturated rings. The average molecular weight is 553 g/mol. The normalized spacial score (nSPS) is 32.7. The molecular weight excluding hydrogens is 518 g/mol. The summed E-state index contributed by atoms with van der Waals surface area (Å²) < 4.78 is -0.701. The zero-order valence-corrected chi connectivity index (χ0v) is 22.3. The minimum atomic E-state index is -0.743. The van der Waals surface area contributed by atoms with Crippen molar-refractivity contribution in [2.24, 2.45) is 17.8 Å².